The van der Waals surface area contributed by atoms with Gasteiger partial charge in [0, 0.05) is 49.4 Å². The van der Waals surface area contributed by atoms with Gasteiger partial charge in [-0.3, -0.25) is 19.1 Å². The molecule has 6 rings (SSSR count). The van der Waals surface area contributed by atoms with E-state index in [1.54, 1.807) is 17.0 Å². The van der Waals surface area contributed by atoms with Gasteiger partial charge in [-0.2, -0.15) is 0 Å². The van der Waals surface area contributed by atoms with Crippen LogP contribution in [0.1, 0.15) is 17.5 Å². The molecular weight excluding hydrogens is 426 g/mol. The Bertz CT molecular complexity index is 1600. The number of para-hydroxylation sites is 2. The van der Waals surface area contributed by atoms with Crippen molar-refractivity contribution in [1.29, 1.82) is 0 Å². The van der Waals surface area contributed by atoms with Crippen molar-refractivity contribution in [3.05, 3.63) is 94.5 Å². The van der Waals surface area contributed by atoms with Crippen LogP contribution < -0.4 is 10.9 Å². The Hall–Kier alpha value is -4.26. The molecule has 5 aromatic rings. The minimum absolute atomic E-state index is 0.0164. The first kappa shape index (κ1) is 20.4. The zero-order chi connectivity index (χ0) is 23.1. The van der Waals surface area contributed by atoms with Gasteiger partial charge in [0.25, 0.3) is 5.56 Å². The van der Waals surface area contributed by atoms with Crippen LogP contribution in [0, 0.1) is 0 Å². The SMILES string of the molecule is O=C(CCn1c2c(c3ccccc31)CCn1c-2nc2ccccc2c1=O)NCc1cccnc1. The summed E-state index contributed by atoms with van der Waals surface area (Å²) in [7, 11) is 0. The number of pyridine rings is 1. The molecule has 7 heteroatoms. The number of nitrogens with zero attached hydrogens (tertiary/aromatic N) is 4. The number of rotatable bonds is 5. The predicted octanol–water partition coefficient (Wildman–Crippen LogP) is 3.68. The first-order valence-electron chi connectivity index (χ1n) is 11.5. The van der Waals surface area contributed by atoms with Gasteiger partial charge in [-0.1, -0.05) is 36.4 Å². The summed E-state index contributed by atoms with van der Waals surface area (Å²) < 4.78 is 3.93. The summed E-state index contributed by atoms with van der Waals surface area (Å²) in [5.74, 6) is 0.645. The van der Waals surface area contributed by atoms with E-state index < -0.39 is 0 Å². The molecule has 0 fully saturated rings. The second-order valence-corrected chi connectivity index (χ2v) is 8.54. The molecule has 0 unspecified atom stereocenters. The van der Waals surface area contributed by atoms with Crippen molar-refractivity contribution in [2.24, 2.45) is 0 Å². The minimum atomic E-state index is -0.0324. The number of aryl methyl sites for hydroxylation is 2. The van der Waals surface area contributed by atoms with Gasteiger partial charge in [-0.15, -0.1) is 0 Å². The van der Waals surface area contributed by atoms with Crippen molar-refractivity contribution < 1.29 is 4.79 Å². The fourth-order valence-corrected chi connectivity index (χ4v) is 4.90. The van der Waals surface area contributed by atoms with E-state index in [1.165, 1.54) is 5.56 Å². The van der Waals surface area contributed by atoms with Crippen molar-refractivity contribution in [2.75, 3.05) is 0 Å². The molecule has 4 heterocycles. The van der Waals surface area contributed by atoms with Gasteiger partial charge in [-0.25, -0.2) is 4.98 Å². The van der Waals surface area contributed by atoms with Crippen LogP contribution in [0.4, 0.5) is 0 Å². The maximum atomic E-state index is 13.2. The van der Waals surface area contributed by atoms with Crippen molar-refractivity contribution in [3.8, 4) is 11.5 Å². The molecule has 0 spiro atoms. The molecule has 2 aromatic carbocycles. The molecule has 7 nitrogen and oxygen atoms in total. The van der Waals surface area contributed by atoms with E-state index in [-0.39, 0.29) is 11.5 Å². The summed E-state index contributed by atoms with van der Waals surface area (Å²) in [6, 6.07) is 19.5. The number of hydrogen-bond donors (Lipinski definition) is 1. The average molecular weight is 450 g/mol. The molecule has 0 saturated heterocycles. The summed E-state index contributed by atoms with van der Waals surface area (Å²) in [5, 5.41) is 4.77. The molecule has 3 aromatic heterocycles. The number of carbonyl (C=O) groups excluding carboxylic acids is 1. The largest absolute Gasteiger partial charge is 0.352 e. The zero-order valence-corrected chi connectivity index (χ0v) is 18.6. The summed E-state index contributed by atoms with van der Waals surface area (Å²) in [4.78, 5) is 34.9. The van der Waals surface area contributed by atoms with Gasteiger partial charge in [0.05, 0.1) is 16.6 Å². The van der Waals surface area contributed by atoms with Crippen LogP contribution in [0.15, 0.2) is 77.9 Å². The normalized spacial score (nSPS) is 12.5. The summed E-state index contributed by atoms with van der Waals surface area (Å²) in [5.41, 5.74) is 4.83. The van der Waals surface area contributed by atoms with E-state index in [9.17, 15) is 9.59 Å². The van der Waals surface area contributed by atoms with Crippen molar-refractivity contribution in [1.82, 2.24) is 24.4 Å². The van der Waals surface area contributed by atoms with Gasteiger partial charge in [0.2, 0.25) is 5.91 Å². The third-order valence-electron chi connectivity index (χ3n) is 6.51. The highest BCUT2D eigenvalue weighted by Crippen LogP contribution is 2.36. The molecule has 1 aliphatic heterocycles. The molecule has 0 bridgehead atoms. The molecule has 0 radical (unpaired) electrons. The lowest BCUT2D eigenvalue weighted by Gasteiger charge is -2.21. The van der Waals surface area contributed by atoms with Crippen LogP contribution in [0.5, 0.6) is 0 Å². The highest BCUT2D eigenvalue weighted by molar-refractivity contribution is 5.92. The van der Waals surface area contributed by atoms with E-state index in [1.807, 2.05) is 48.5 Å². The predicted molar refractivity (Wildman–Crippen MR) is 131 cm³/mol. The van der Waals surface area contributed by atoms with E-state index in [4.69, 9.17) is 4.98 Å². The van der Waals surface area contributed by atoms with E-state index in [2.05, 4.69) is 27.0 Å². The van der Waals surface area contributed by atoms with Crippen LogP contribution in [0.25, 0.3) is 33.3 Å². The fourth-order valence-electron chi connectivity index (χ4n) is 4.90. The Balaban J connectivity index is 1.39. The van der Waals surface area contributed by atoms with E-state index >= 15 is 0 Å². The maximum absolute atomic E-state index is 13.2. The Morgan fingerprint density at radius 3 is 2.68 bits per heavy atom. The van der Waals surface area contributed by atoms with E-state index in [0.717, 1.165) is 28.6 Å². The first-order chi connectivity index (χ1) is 16.7. The van der Waals surface area contributed by atoms with Crippen LogP contribution in [0.2, 0.25) is 0 Å². The number of nitrogens with one attached hydrogen (secondary N) is 1. The van der Waals surface area contributed by atoms with Gasteiger partial charge in [0.15, 0.2) is 5.82 Å². The van der Waals surface area contributed by atoms with Crippen molar-refractivity contribution in [3.63, 3.8) is 0 Å². The van der Waals surface area contributed by atoms with Crippen LogP contribution >= 0.6 is 0 Å². The molecule has 1 amide bonds. The highest BCUT2D eigenvalue weighted by Gasteiger charge is 2.27. The molecular formula is C27H23N5O2. The molecule has 168 valence electrons. The monoisotopic (exact) mass is 449 g/mol. The number of fused-ring (bicyclic) bond motifs is 6. The van der Waals surface area contributed by atoms with Crippen LogP contribution in [-0.4, -0.2) is 25.0 Å². The van der Waals surface area contributed by atoms with Gasteiger partial charge in [0.1, 0.15) is 0 Å². The van der Waals surface area contributed by atoms with Gasteiger partial charge in [-0.05, 0) is 41.8 Å². The Morgan fingerprint density at radius 1 is 1.00 bits per heavy atom. The van der Waals surface area contributed by atoms with Crippen LogP contribution in [0.3, 0.4) is 0 Å². The number of benzene rings is 2. The molecule has 0 atom stereocenters. The molecule has 1 aliphatic rings. The fraction of sp³-hybridized carbons (Fsp3) is 0.185. The second kappa shape index (κ2) is 8.26. The number of hydrogen-bond acceptors (Lipinski definition) is 4. The summed E-state index contributed by atoms with van der Waals surface area (Å²) in [6.07, 6.45) is 4.54. The Kier molecular flexibility index (Phi) is 4.95. The summed E-state index contributed by atoms with van der Waals surface area (Å²) >= 11 is 0. The first-order valence-corrected chi connectivity index (χ1v) is 11.5. The third kappa shape index (κ3) is 3.37. The molecule has 34 heavy (non-hydrogen) atoms. The number of amides is 1. The van der Waals surface area contributed by atoms with Crippen molar-refractivity contribution >= 4 is 27.7 Å². The van der Waals surface area contributed by atoms with Gasteiger partial charge >= 0.3 is 0 Å². The van der Waals surface area contributed by atoms with Crippen molar-refractivity contribution in [2.45, 2.75) is 32.5 Å². The Labute approximate surface area is 195 Å². The lowest BCUT2D eigenvalue weighted by Crippen LogP contribution is -2.28. The summed E-state index contributed by atoms with van der Waals surface area (Å²) in [6.45, 7) is 1.54. The lowest BCUT2D eigenvalue weighted by molar-refractivity contribution is -0.121. The maximum Gasteiger partial charge on any atom is 0.261 e. The highest BCUT2D eigenvalue weighted by atomic mass is 16.1. The Morgan fingerprint density at radius 2 is 1.82 bits per heavy atom. The molecule has 0 saturated carbocycles. The second-order valence-electron chi connectivity index (χ2n) is 8.54. The van der Waals surface area contributed by atoms with Gasteiger partial charge < -0.3 is 9.88 Å². The quantitative estimate of drug-likeness (QED) is 0.444. The number of aromatic nitrogens is 4. The molecule has 0 aliphatic carbocycles. The van der Waals surface area contributed by atoms with Crippen LogP contribution in [-0.2, 0) is 30.8 Å². The zero-order valence-electron chi connectivity index (χ0n) is 18.6. The van der Waals surface area contributed by atoms with E-state index in [0.29, 0.717) is 42.8 Å². The third-order valence-corrected chi connectivity index (χ3v) is 6.51. The molecule has 1 N–H and O–H groups in total. The average Bonchev–Trinajstić information content (AvgIpc) is 3.21. The lowest BCUT2D eigenvalue weighted by atomic mass is 10.0. The number of carbonyl (C=O) groups is 1. The standard InChI is InChI=1S/C27H23N5O2/c33-24(29-17-18-6-5-13-28-16-18)12-15-31-23-10-4-2-7-19(23)20-11-14-32-26(25(20)31)30-22-9-3-1-8-21(22)27(32)34/h1-10,13,16H,11-12,14-15,17H2,(H,29,33). The minimum Gasteiger partial charge on any atom is -0.352 e. The smallest absolute Gasteiger partial charge is 0.261 e. The topological polar surface area (TPSA) is 81.8 Å².